The Labute approximate surface area is 118 Å². The van der Waals surface area contributed by atoms with Crippen molar-refractivity contribution in [1.82, 2.24) is 5.32 Å². The fourth-order valence-corrected chi connectivity index (χ4v) is 4.30. The molecule has 0 aromatic heterocycles. The standard InChI is InChI=1S/C14H18FNO3S/c15-13-4-2-1-3-12(13)9-14(17)16-7-5-11-6-8-20(18,19)10-11/h1-4,11H,5-10H2,(H,16,17). The number of hydrogen-bond donors (Lipinski definition) is 1. The number of amides is 1. The number of carbonyl (C=O) groups excluding carboxylic acids is 1. The highest BCUT2D eigenvalue weighted by atomic mass is 32.2. The molecule has 0 spiro atoms. The summed E-state index contributed by atoms with van der Waals surface area (Å²) in [6, 6.07) is 6.18. The molecule has 1 aliphatic rings. The Hall–Kier alpha value is -1.43. The summed E-state index contributed by atoms with van der Waals surface area (Å²) in [6.45, 7) is 0.438. The summed E-state index contributed by atoms with van der Waals surface area (Å²) < 4.78 is 35.9. The largest absolute Gasteiger partial charge is 0.356 e. The fraction of sp³-hybridized carbons (Fsp3) is 0.500. The minimum Gasteiger partial charge on any atom is -0.356 e. The Morgan fingerprint density at radius 3 is 2.75 bits per heavy atom. The zero-order valence-corrected chi connectivity index (χ0v) is 12.0. The third kappa shape index (κ3) is 4.30. The maximum atomic E-state index is 13.4. The van der Waals surface area contributed by atoms with E-state index >= 15 is 0 Å². The van der Waals surface area contributed by atoms with Crippen molar-refractivity contribution in [1.29, 1.82) is 0 Å². The van der Waals surface area contributed by atoms with Crippen LogP contribution in [0.2, 0.25) is 0 Å². The van der Waals surface area contributed by atoms with Gasteiger partial charge in [-0.1, -0.05) is 18.2 Å². The highest BCUT2D eigenvalue weighted by Crippen LogP contribution is 2.20. The topological polar surface area (TPSA) is 63.2 Å². The average Bonchev–Trinajstić information content (AvgIpc) is 2.72. The molecule has 20 heavy (non-hydrogen) atoms. The van der Waals surface area contributed by atoms with Gasteiger partial charge in [-0.15, -0.1) is 0 Å². The first-order chi connectivity index (χ1) is 9.46. The molecule has 1 aromatic carbocycles. The van der Waals surface area contributed by atoms with Crippen LogP contribution in [0.25, 0.3) is 0 Å². The van der Waals surface area contributed by atoms with E-state index in [2.05, 4.69) is 5.32 Å². The van der Waals surface area contributed by atoms with Crippen molar-refractivity contribution < 1.29 is 17.6 Å². The third-order valence-corrected chi connectivity index (χ3v) is 5.35. The predicted molar refractivity (Wildman–Crippen MR) is 74.5 cm³/mol. The van der Waals surface area contributed by atoms with Crippen LogP contribution in [0.3, 0.4) is 0 Å². The molecule has 110 valence electrons. The van der Waals surface area contributed by atoms with Crippen molar-refractivity contribution in [3.8, 4) is 0 Å². The van der Waals surface area contributed by atoms with Gasteiger partial charge in [0.1, 0.15) is 5.82 Å². The van der Waals surface area contributed by atoms with Gasteiger partial charge in [0.25, 0.3) is 0 Å². The maximum absolute atomic E-state index is 13.4. The van der Waals surface area contributed by atoms with E-state index in [1.54, 1.807) is 18.2 Å². The molecule has 4 nitrogen and oxygen atoms in total. The van der Waals surface area contributed by atoms with Gasteiger partial charge in [0.2, 0.25) is 5.91 Å². The highest BCUT2D eigenvalue weighted by Gasteiger charge is 2.27. The Morgan fingerprint density at radius 2 is 2.10 bits per heavy atom. The van der Waals surface area contributed by atoms with Gasteiger partial charge in [-0.2, -0.15) is 0 Å². The zero-order valence-electron chi connectivity index (χ0n) is 11.1. The van der Waals surface area contributed by atoms with E-state index in [4.69, 9.17) is 0 Å². The molecule has 1 N–H and O–H groups in total. The second-order valence-electron chi connectivity index (χ2n) is 5.18. The van der Waals surface area contributed by atoms with Crippen LogP contribution in [0, 0.1) is 11.7 Å². The normalized spacial score (nSPS) is 20.8. The van der Waals surface area contributed by atoms with Crippen LogP contribution in [-0.4, -0.2) is 32.4 Å². The number of carbonyl (C=O) groups is 1. The van der Waals surface area contributed by atoms with Crippen molar-refractivity contribution >= 4 is 15.7 Å². The van der Waals surface area contributed by atoms with Crippen LogP contribution in [0.4, 0.5) is 4.39 Å². The second kappa shape index (κ2) is 6.35. The van der Waals surface area contributed by atoms with E-state index in [-0.39, 0.29) is 35.6 Å². The first kappa shape index (κ1) is 15.0. The number of hydrogen-bond acceptors (Lipinski definition) is 3. The Bertz CT molecular complexity index is 586. The molecule has 0 radical (unpaired) electrons. The van der Waals surface area contributed by atoms with Gasteiger partial charge in [-0.05, 0) is 30.4 Å². The lowest BCUT2D eigenvalue weighted by Gasteiger charge is -2.09. The summed E-state index contributed by atoms with van der Waals surface area (Å²) >= 11 is 0. The molecule has 1 unspecified atom stereocenters. The minimum atomic E-state index is -2.86. The van der Waals surface area contributed by atoms with Gasteiger partial charge in [0.15, 0.2) is 9.84 Å². The van der Waals surface area contributed by atoms with E-state index in [0.717, 1.165) is 0 Å². The van der Waals surface area contributed by atoms with Crippen LogP contribution in [0.5, 0.6) is 0 Å². The highest BCUT2D eigenvalue weighted by molar-refractivity contribution is 7.91. The smallest absolute Gasteiger partial charge is 0.224 e. The van der Waals surface area contributed by atoms with E-state index in [9.17, 15) is 17.6 Å². The van der Waals surface area contributed by atoms with Crippen molar-refractivity contribution in [2.45, 2.75) is 19.3 Å². The first-order valence-electron chi connectivity index (χ1n) is 6.67. The molecule has 1 atom stereocenters. The van der Waals surface area contributed by atoms with Gasteiger partial charge < -0.3 is 5.32 Å². The molecule has 1 aliphatic heterocycles. The van der Waals surface area contributed by atoms with E-state index in [0.29, 0.717) is 24.9 Å². The summed E-state index contributed by atoms with van der Waals surface area (Å²) in [5.74, 6) is -0.0222. The van der Waals surface area contributed by atoms with E-state index < -0.39 is 9.84 Å². The Kier molecular flexibility index (Phi) is 4.75. The molecule has 0 saturated carbocycles. The summed E-state index contributed by atoms with van der Waals surface area (Å²) in [5, 5.41) is 2.71. The summed E-state index contributed by atoms with van der Waals surface area (Å²) in [4.78, 5) is 11.7. The zero-order chi connectivity index (χ0) is 14.6. The monoisotopic (exact) mass is 299 g/mol. The molecule has 0 aliphatic carbocycles. The van der Waals surface area contributed by atoms with E-state index in [1.165, 1.54) is 6.07 Å². The van der Waals surface area contributed by atoms with Gasteiger partial charge in [0, 0.05) is 6.54 Å². The van der Waals surface area contributed by atoms with Crippen LogP contribution in [0.15, 0.2) is 24.3 Å². The summed E-state index contributed by atoms with van der Waals surface area (Å²) in [5.41, 5.74) is 0.369. The number of halogens is 1. The molecule has 0 bridgehead atoms. The van der Waals surface area contributed by atoms with Crippen LogP contribution < -0.4 is 5.32 Å². The second-order valence-corrected chi connectivity index (χ2v) is 7.40. The first-order valence-corrected chi connectivity index (χ1v) is 8.49. The minimum absolute atomic E-state index is 0.00956. The average molecular weight is 299 g/mol. The van der Waals surface area contributed by atoms with Crippen molar-refractivity contribution in [3.63, 3.8) is 0 Å². The molecular weight excluding hydrogens is 281 g/mol. The molecular formula is C14H18FNO3S. The SMILES string of the molecule is O=C(Cc1ccccc1F)NCCC1CCS(=O)(=O)C1. The number of benzene rings is 1. The molecule has 1 heterocycles. The van der Waals surface area contributed by atoms with E-state index in [1.807, 2.05) is 0 Å². The van der Waals surface area contributed by atoms with Crippen molar-refractivity contribution in [2.75, 3.05) is 18.1 Å². The van der Waals surface area contributed by atoms with Gasteiger partial charge >= 0.3 is 0 Å². The fourth-order valence-electron chi connectivity index (χ4n) is 2.39. The van der Waals surface area contributed by atoms with Crippen LogP contribution >= 0.6 is 0 Å². The summed E-state index contributed by atoms with van der Waals surface area (Å²) in [6.07, 6.45) is 1.34. The quantitative estimate of drug-likeness (QED) is 0.891. The number of sulfone groups is 1. The molecule has 2 rings (SSSR count). The van der Waals surface area contributed by atoms with Crippen molar-refractivity contribution in [3.05, 3.63) is 35.6 Å². The van der Waals surface area contributed by atoms with Crippen LogP contribution in [0.1, 0.15) is 18.4 Å². The lowest BCUT2D eigenvalue weighted by molar-refractivity contribution is -0.120. The van der Waals surface area contributed by atoms with Crippen molar-refractivity contribution in [2.24, 2.45) is 5.92 Å². The van der Waals surface area contributed by atoms with Gasteiger partial charge in [-0.3, -0.25) is 4.79 Å². The van der Waals surface area contributed by atoms with Gasteiger partial charge in [-0.25, -0.2) is 12.8 Å². The molecule has 1 fully saturated rings. The third-order valence-electron chi connectivity index (χ3n) is 3.51. The molecule has 1 amide bonds. The number of rotatable bonds is 5. The summed E-state index contributed by atoms with van der Waals surface area (Å²) in [7, 11) is -2.86. The molecule has 6 heteroatoms. The van der Waals surface area contributed by atoms with Gasteiger partial charge in [0.05, 0.1) is 17.9 Å². The predicted octanol–water partition coefficient (Wildman–Crippen LogP) is 1.31. The lowest BCUT2D eigenvalue weighted by atomic mass is 10.1. The molecule has 1 saturated heterocycles. The number of nitrogens with one attached hydrogen (secondary N) is 1. The molecule has 1 aromatic rings. The lowest BCUT2D eigenvalue weighted by Crippen LogP contribution is -2.27. The Morgan fingerprint density at radius 1 is 1.35 bits per heavy atom. The maximum Gasteiger partial charge on any atom is 0.224 e. The Balaban J connectivity index is 1.72. The van der Waals surface area contributed by atoms with Crippen LogP contribution in [-0.2, 0) is 21.1 Å².